The Morgan fingerprint density at radius 1 is 1.17 bits per heavy atom. The van der Waals surface area contributed by atoms with Gasteiger partial charge < -0.3 is 5.32 Å². The van der Waals surface area contributed by atoms with Gasteiger partial charge in [-0.1, -0.05) is 37.7 Å². The zero-order valence-corrected chi connectivity index (χ0v) is 13.9. The van der Waals surface area contributed by atoms with Crippen LogP contribution in [0.4, 0.5) is 5.69 Å². The maximum absolute atomic E-state index is 12.2. The molecule has 2 rings (SSSR count). The first-order valence-electron chi connectivity index (χ1n) is 7.13. The third-order valence-electron chi connectivity index (χ3n) is 3.18. The van der Waals surface area contributed by atoms with Crippen LogP contribution >= 0.6 is 11.8 Å². The molecule has 0 aliphatic rings. The molecule has 1 amide bonds. The van der Waals surface area contributed by atoms with Crippen LogP contribution in [0.3, 0.4) is 0 Å². The van der Waals surface area contributed by atoms with Crippen LogP contribution in [0, 0.1) is 0 Å². The third kappa shape index (κ3) is 4.56. The number of benzene rings is 1. The molecule has 0 saturated heterocycles. The number of hydrogen-bond acceptors (Lipinski definition) is 5. The van der Waals surface area contributed by atoms with Crippen molar-refractivity contribution in [3.63, 3.8) is 0 Å². The quantitative estimate of drug-likeness (QED) is 0.721. The van der Waals surface area contributed by atoms with E-state index in [0.29, 0.717) is 11.6 Å². The molecule has 1 atom stereocenters. The highest BCUT2D eigenvalue weighted by atomic mass is 32.2. The van der Waals surface area contributed by atoms with Gasteiger partial charge in [-0.25, -0.2) is 9.89 Å². The molecule has 7 nitrogen and oxygen atoms in total. The monoisotopic (exact) mass is 334 g/mol. The number of carbonyl (C=O) groups excluding carboxylic acids is 1. The van der Waals surface area contributed by atoms with Gasteiger partial charge in [0.15, 0.2) is 5.03 Å². The molecule has 1 aromatic carbocycles. The number of thioether (sulfide) groups is 1. The van der Waals surface area contributed by atoms with Crippen molar-refractivity contribution >= 4 is 23.4 Å². The first-order valence-corrected chi connectivity index (χ1v) is 8.01. The molecule has 8 heteroatoms. The summed E-state index contributed by atoms with van der Waals surface area (Å²) in [5, 5.41) is 8.07. The lowest BCUT2D eigenvalue weighted by Crippen LogP contribution is -2.28. The number of hydrogen-bond donors (Lipinski definition) is 3. The Labute approximate surface area is 136 Å². The molecule has 1 unspecified atom stereocenters. The van der Waals surface area contributed by atoms with Crippen LogP contribution in [-0.4, -0.2) is 26.3 Å². The summed E-state index contributed by atoms with van der Waals surface area (Å²) in [5.74, 6) is 0.173. The zero-order chi connectivity index (χ0) is 17.0. The number of carbonyl (C=O) groups is 1. The third-order valence-corrected chi connectivity index (χ3v) is 4.25. The molecule has 1 aromatic heterocycles. The van der Waals surface area contributed by atoms with E-state index in [-0.39, 0.29) is 10.9 Å². The Hall–Kier alpha value is -2.35. The maximum atomic E-state index is 12.2. The van der Waals surface area contributed by atoms with Crippen molar-refractivity contribution in [2.24, 2.45) is 0 Å². The second-order valence-corrected chi connectivity index (χ2v) is 6.67. The average molecular weight is 334 g/mol. The van der Waals surface area contributed by atoms with Crippen molar-refractivity contribution in [1.29, 1.82) is 0 Å². The van der Waals surface area contributed by atoms with E-state index in [1.54, 1.807) is 6.92 Å². The Balaban J connectivity index is 2.02. The first-order chi connectivity index (χ1) is 10.9. The van der Waals surface area contributed by atoms with Crippen molar-refractivity contribution in [3.05, 3.63) is 50.7 Å². The summed E-state index contributed by atoms with van der Waals surface area (Å²) >= 11 is 0.977. The molecule has 0 aliphatic heterocycles. The van der Waals surface area contributed by atoms with E-state index >= 15 is 0 Å². The fourth-order valence-corrected chi connectivity index (χ4v) is 2.59. The first kappa shape index (κ1) is 17.0. The standard InChI is InChI=1S/C15H18N4O3S/c1-8(2)10-4-6-11(7-5-10)16-12(20)9(3)23-14-13(21)17-15(22)19-18-14/h4-9H,1-3H3,(H,16,20)(H2,17,19,21,22). The minimum absolute atomic E-state index is 0.0439. The van der Waals surface area contributed by atoms with Gasteiger partial charge in [0, 0.05) is 5.69 Å². The van der Waals surface area contributed by atoms with Crippen molar-refractivity contribution < 1.29 is 4.79 Å². The van der Waals surface area contributed by atoms with Gasteiger partial charge in [-0.15, -0.1) is 0 Å². The Morgan fingerprint density at radius 3 is 2.39 bits per heavy atom. The van der Waals surface area contributed by atoms with Gasteiger partial charge >= 0.3 is 5.69 Å². The number of aromatic nitrogens is 3. The molecule has 2 aromatic rings. The van der Waals surface area contributed by atoms with Crippen LogP contribution in [0.25, 0.3) is 0 Å². The van der Waals surface area contributed by atoms with Crippen LogP contribution in [0.1, 0.15) is 32.3 Å². The van der Waals surface area contributed by atoms with Crippen LogP contribution in [-0.2, 0) is 4.79 Å². The lowest BCUT2D eigenvalue weighted by atomic mass is 10.0. The second kappa shape index (κ2) is 7.28. The number of nitrogens with one attached hydrogen (secondary N) is 3. The van der Waals surface area contributed by atoms with E-state index in [2.05, 4.69) is 34.3 Å². The Bertz CT molecular complexity index is 795. The maximum Gasteiger partial charge on any atom is 0.342 e. The van der Waals surface area contributed by atoms with Crippen LogP contribution in [0.2, 0.25) is 0 Å². The van der Waals surface area contributed by atoms with Crippen LogP contribution in [0.15, 0.2) is 38.9 Å². The van der Waals surface area contributed by atoms with E-state index in [0.717, 1.165) is 11.8 Å². The summed E-state index contributed by atoms with van der Waals surface area (Å²) in [6.07, 6.45) is 0. The molecule has 122 valence electrons. The predicted octanol–water partition coefficient (Wildman–Crippen LogP) is 1.70. The number of rotatable bonds is 5. The molecule has 0 fully saturated rings. The van der Waals surface area contributed by atoms with Gasteiger partial charge in [-0.3, -0.25) is 14.6 Å². The smallest absolute Gasteiger partial charge is 0.325 e. The fourth-order valence-electron chi connectivity index (χ4n) is 1.83. The van der Waals surface area contributed by atoms with Crippen molar-refractivity contribution in [2.75, 3.05) is 5.32 Å². The van der Waals surface area contributed by atoms with Crippen molar-refractivity contribution in [2.45, 2.75) is 37.0 Å². The number of H-pyrrole nitrogens is 2. The fraction of sp³-hybridized carbons (Fsp3) is 0.333. The SMILES string of the molecule is CC(Sc1n[nH]c(=O)[nH]c1=O)C(=O)Nc1ccc(C(C)C)cc1. The summed E-state index contributed by atoms with van der Waals surface area (Å²) in [6.45, 7) is 5.86. The van der Waals surface area contributed by atoms with Gasteiger partial charge in [-0.05, 0) is 30.5 Å². The molecule has 0 aliphatic carbocycles. The van der Waals surface area contributed by atoms with Gasteiger partial charge in [0.1, 0.15) is 0 Å². The highest BCUT2D eigenvalue weighted by Gasteiger charge is 2.17. The summed E-state index contributed by atoms with van der Waals surface area (Å²) < 4.78 is 0. The molecule has 23 heavy (non-hydrogen) atoms. The predicted molar refractivity (Wildman–Crippen MR) is 90.0 cm³/mol. The molecule has 1 heterocycles. The normalized spacial score (nSPS) is 12.2. The number of nitrogens with zero attached hydrogens (tertiary/aromatic N) is 1. The molecule has 0 radical (unpaired) electrons. The van der Waals surface area contributed by atoms with E-state index in [9.17, 15) is 14.4 Å². The van der Waals surface area contributed by atoms with Crippen LogP contribution in [0.5, 0.6) is 0 Å². The summed E-state index contributed by atoms with van der Waals surface area (Å²) in [5.41, 5.74) is 0.589. The molecule has 0 spiro atoms. The molecular formula is C15H18N4O3S. The largest absolute Gasteiger partial charge is 0.342 e. The summed E-state index contributed by atoms with van der Waals surface area (Å²) in [6, 6.07) is 7.62. The van der Waals surface area contributed by atoms with E-state index in [1.165, 1.54) is 5.56 Å². The summed E-state index contributed by atoms with van der Waals surface area (Å²) in [7, 11) is 0. The van der Waals surface area contributed by atoms with Crippen molar-refractivity contribution in [1.82, 2.24) is 15.2 Å². The molecule has 3 N–H and O–H groups in total. The molecule has 0 bridgehead atoms. The van der Waals surface area contributed by atoms with E-state index in [4.69, 9.17) is 0 Å². The Kier molecular flexibility index (Phi) is 5.38. The van der Waals surface area contributed by atoms with E-state index in [1.807, 2.05) is 24.3 Å². The van der Waals surface area contributed by atoms with E-state index < -0.39 is 16.5 Å². The van der Waals surface area contributed by atoms with Crippen molar-refractivity contribution in [3.8, 4) is 0 Å². The zero-order valence-electron chi connectivity index (χ0n) is 13.0. The second-order valence-electron chi connectivity index (χ2n) is 5.34. The minimum atomic E-state index is -0.679. The van der Waals surface area contributed by atoms with Gasteiger partial charge in [0.2, 0.25) is 5.91 Å². The highest BCUT2D eigenvalue weighted by Crippen LogP contribution is 2.20. The number of amides is 1. The topological polar surface area (TPSA) is 108 Å². The molecular weight excluding hydrogens is 316 g/mol. The highest BCUT2D eigenvalue weighted by molar-refractivity contribution is 8.00. The van der Waals surface area contributed by atoms with Gasteiger partial charge in [-0.2, -0.15) is 5.10 Å². The Morgan fingerprint density at radius 2 is 1.83 bits per heavy atom. The molecule has 0 saturated carbocycles. The average Bonchev–Trinajstić information content (AvgIpc) is 2.50. The number of aromatic amines is 2. The number of anilines is 1. The van der Waals surface area contributed by atoms with Gasteiger partial charge in [0.25, 0.3) is 5.56 Å². The van der Waals surface area contributed by atoms with Gasteiger partial charge in [0.05, 0.1) is 5.25 Å². The lowest BCUT2D eigenvalue weighted by Gasteiger charge is -2.12. The summed E-state index contributed by atoms with van der Waals surface area (Å²) in [4.78, 5) is 36.7. The lowest BCUT2D eigenvalue weighted by molar-refractivity contribution is -0.115. The minimum Gasteiger partial charge on any atom is -0.325 e. The van der Waals surface area contributed by atoms with Crippen LogP contribution < -0.4 is 16.6 Å².